The van der Waals surface area contributed by atoms with Crippen molar-refractivity contribution >= 4 is 77.2 Å². The highest BCUT2D eigenvalue weighted by Gasteiger charge is 2.27. The highest BCUT2D eigenvalue weighted by Crippen LogP contribution is 2.43. The molecule has 8 aromatic rings. The summed E-state index contributed by atoms with van der Waals surface area (Å²) in [4.78, 5) is 29.5. The molecule has 6 nitrogen and oxygen atoms in total. The van der Waals surface area contributed by atoms with E-state index in [1.807, 2.05) is 49.1 Å². The Morgan fingerprint density at radius 1 is 0.364 bits per heavy atom. The van der Waals surface area contributed by atoms with E-state index < -0.39 is 0 Å². The van der Waals surface area contributed by atoms with Crippen molar-refractivity contribution in [2.75, 3.05) is 0 Å². The Labute approximate surface area is 251 Å². The van der Waals surface area contributed by atoms with Gasteiger partial charge in [0.15, 0.2) is 0 Å². The third-order valence-corrected chi connectivity index (χ3v) is 9.14. The SMILES string of the molecule is c1cc(C2=Nc3c(c4cccnc4c4cccnc34)C2)c2cccc(C3=Nc4c(c5cccnc5c5cccnc45)C3)c2c1. The van der Waals surface area contributed by atoms with Gasteiger partial charge in [-0.3, -0.25) is 19.9 Å². The highest BCUT2D eigenvalue weighted by molar-refractivity contribution is 6.25. The maximum Gasteiger partial charge on any atom is 0.0983 e. The fraction of sp³-hybridized carbons (Fsp3) is 0.0526. The molecule has 0 N–H and O–H groups in total. The van der Waals surface area contributed by atoms with Gasteiger partial charge in [0, 0.05) is 70.3 Å². The molecule has 0 atom stereocenters. The summed E-state index contributed by atoms with van der Waals surface area (Å²) in [5, 5.41) is 6.70. The molecule has 0 fully saturated rings. The maximum atomic E-state index is 5.26. The minimum absolute atomic E-state index is 0.733. The van der Waals surface area contributed by atoms with Gasteiger partial charge >= 0.3 is 0 Å². The third kappa shape index (κ3) is 3.19. The maximum absolute atomic E-state index is 5.26. The normalized spacial score (nSPS) is 14.0. The Bertz CT molecular complexity index is 2430. The number of aromatic nitrogens is 4. The molecule has 0 aliphatic carbocycles. The van der Waals surface area contributed by atoms with Crippen molar-refractivity contribution in [2.45, 2.75) is 12.8 Å². The number of benzene rings is 4. The summed E-state index contributed by atoms with van der Waals surface area (Å²) < 4.78 is 0. The summed E-state index contributed by atoms with van der Waals surface area (Å²) in [6.45, 7) is 0. The van der Waals surface area contributed by atoms with Crippen LogP contribution in [-0.2, 0) is 12.8 Å². The summed E-state index contributed by atoms with van der Waals surface area (Å²) in [5.74, 6) is 0. The van der Waals surface area contributed by atoms with Crippen molar-refractivity contribution in [1.82, 2.24) is 19.9 Å². The Kier molecular flexibility index (Phi) is 4.74. The van der Waals surface area contributed by atoms with Crippen LogP contribution in [0.5, 0.6) is 0 Å². The highest BCUT2D eigenvalue weighted by atomic mass is 14.9. The zero-order valence-electron chi connectivity index (χ0n) is 23.5. The first-order valence-electron chi connectivity index (χ1n) is 14.8. The molecule has 4 aromatic heterocycles. The summed E-state index contributed by atoms with van der Waals surface area (Å²) >= 11 is 0. The number of aliphatic imine (C=N–C) groups is 2. The van der Waals surface area contributed by atoms with E-state index in [0.717, 1.165) is 90.4 Å². The molecule has 6 heteroatoms. The van der Waals surface area contributed by atoms with E-state index in [4.69, 9.17) is 29.9 Å². The molecule has 2 aliphatic heterocycles. The number of pyridine rings is 4. The average molecular weight is 563 g/mol. The zero-order chi connectivity index (χ0) is 28.8. The Morgan fingerprint density at radius 2 is 0.750 bits per heavy atom. The Balaban J connectivity index is 1.14. The first-order chi connectivity index (χ1) is 21.8. The number of hydrogen-bond donors (Lipinski definition) is 0. The first kappa shape index (κ1) is 23.7. The van der Waals surface area contributed by atoms with Gasteiger partial charge in [-0.1, -0.05) is 48.5 Å². The lowest BCUT2D eigenvalue weighted by Gasteiger charge is -2.11. The van der Waals surface area contributed by atoms with Gasteiger partial charge in [-0.2, -0.15) is 0 Å². The molecule has 44 heavy (non-hydrogen) atoms. The van der Waals surface area contributed by atoms with Gasteiger partial charge in [0.1, 0.15) is 0 Å². The van der Waals surface area contributed by atoms with Crippen LogP contribution in [0.25, 0.3) is 54.4 Å². The molecular weight excluding hydrogens is 540 g/mol. The van der Waals surface area contributed by atoms with E-state index in [1.54, 1.807) is 0 Å². The molecule has 0 bridgehead atoms. The van der Waals surface area contributed by atoms with E-state index in [-0.39, 0.29) is 0 Å². The number of nitrogens with zero attached hydrogens (tertiary/aromatic N) is 6. The second-order valence-electron chi connectivity index (χ2n) is 11.4. The van der Waals surface area contributed by atoms with Crippen molar-refractivity contribution in [3.8, 4) is 0 Å². The molecule has 0 radical (unpaired) electrons. The van der Waals surface area contributed by atoms with Gasteiger partial charge in [0.2, 0.25) is 0 Å². The molecular formula is C38H22N6. The molecule has 0 unspecified atom stereocenters. The lowest BCUT2D eigenvalue weighted by Crippen LogP contribution is -2.05. The molecule has 4 aromatic carbocycles. The molecule has 6 heterocycles. The van der Waals surface area contributed by atoms with Crippen LogP contribution in [0.2, 0.25) is 0 Å². The van der Waals surface area contributed by atoms with E-state index in [9.17, 15) is 0 Å². The van der Waals surface area contributed by atoms with Crippen LogP contribution in [0.1, 0.15) is 22.3 Å². The molecule has 10 rings (SSSR count). The topological polar surface area (TPSA) is 76.3 Å². The largest absolute Gasteiger partial charge is 0.256 e. The first-order valence-corrected chi connectivity index (χ1v) is 14.8. The van der Waals surface area contributed by atoms with E-state index in [0.29, 0.717) is 0 Å². The lowest BCUT2D eigenvalue weighted by molar-refractivity contribution is 1.36. The number of fused-ring (bicyclic) bond motifs is 13. The van der Waals surface area contributed by atoms with E-state index in [1.165, 1.54) is 21.9 Å². The van der Waals surface area contributed by atoms with Crippen molar-refractivity contribution in [2.24, 2.45) is 9.98 Å². The van der Waals surface area contributed by atoms with Gasteiger partial charge in [-0.25, -0.2) is 9.98 Å². The van der Waals surface area contributed by atoms with E-state index >= 15 is 0 Å². The smallest absolute Gasteiger partial charge is 0.0983 e. The zero-order valence-corrected chi connectivity index (χ0v) is 23.5. The average Bonchev–Trinajstić information content (AvgIpc) is 3.75. The standard InChI is InChI=1S/C38H22N6/c1-7-21-22(23(9-1)31-19-29-25-11-3-15-39-33(25)27-13-5-17-41-35(27)37(29)43-31)8-2-10-24(21)32-20-30-26-12-4-16-40-34(26)28-14-6-18-42-36(28)38(30)44-32/h1-18H,19-20H2. The van der Waals surface area contributed by atoms with Gasteiger partial charge < -0.3 is 0 Å². The second-order valence-corrected chi connectivity index (χ2v) is 11.4. The molecule has 2 aliphatic rings. The number of hydrogen-bond acceptors (Lipinski definition) is 6. The summed E-state index contributed by atoms with van der Waals surface area (Å²) in [7, 11) is 0. The van der Waals surface area contributed by atoms with Gasteiger partial charge in [0.25, 0.3) is 0 Å². The van der Waals surface area contributed by atoms with Crippen molar-refractivity contribution in [3.63, 3.8) is 0 Å². The fourth-order valence-electron chi connectivity index (χ4n) is 7.24. The predicted molar refractivity (Wildman–Crippen MR) is 178 cm³/mol. The molecule has 0 saturated heterocycles. The van der Waals surface area contributed by atoms with Crippen LogP contribution < -0.4 is 0 Å². The summed E-state index contributed by atoms with van der Waals surface area (Å²) in [6, 6.07) is 29.5. The summed E-state index contributed by atoms with van der Waals surface area (Å²) in [5.41, 5.74) is 12.5. The van der Waals surface area contributed by atoms with Crippen LogP contribution in [0, 0.1) is 0 Å². The minimum Gasteiger partial charge on any atom is -0.256 e. The van der Waals surface area contributed by atoms with Crippen molar-refractivity contribution in [1.29, 1.82) is 0 Å². The molecule has 0 amide bonds. The van der Waals surface area contributed by atoms with Gasteiger partial charge in [0.05, 0.1) is 44.9 Å². The quantitative estimate of drug-likeness (QED) is 0.198. The predicted octanol–water partition coefficient (Wildman–Crippen LogP) is 8.39. The van der Waals surface area contributed by atoms with E-state index in [2.05, 4.69) is 60.7 Å². The van der Waals surface area contributed by atoms with Crippen molar-refractivity contribution < 1.29 is 0 Å². The second kappa shape index (κ2) is 8.82. The fourth-order valence-corrected chi connectivity index (χ4v) is 7.24. The molecule has 204 valence electrons. The Hall–Kier alpha value is -5.88. The molecule has 0 spiro atoms. The number of rotatable bonds is 2. The van der Waals surface area contributed by atoms with Crippen LogP contribution in [0.15, 0.2) is 120 Å². The third-order valence-electron chi connectivity index (χ3n) is 9.14. The van der Waals surface area contributed by atoms with Crippen LogP contribution in [-0.4, -0.2) is 31.4 Å². The van der Waals surface area contributed by atoms with Gasteiger partial charge in [-0.05, 0) is 58.3 Å². The molecule has 0 saturated carbocycles. The van der Waals surface area contributed by atoms with Gasteiger partial charge in [-0.15, -0.1) is 0 Å². The lowest BCUT2D eigenvalue weighted by atomic mass is 9.92. The minimum atomic E-state index is 0.733. The van der Waals surface area contributed by atoms with Crippen LogP contribution in [0.3, 0.4) is 0 Å². The Morgan fingerprint density at radius 3 is 1.20 bits per heavy atom. The monoisotopic (exact) mass is 562 g/mol. The van der Waals surface area contributed by atoms with Crippen molar-refractivity contribution in [3.05, 3.63) is 132 Å². The van der Waals surface area contributed by atoms with Crippen LogP contribution in [0.4, 0.5) is 11.4 Å². The van der Waals surface area contributed by atoms with Crippen LogP contribution >= 0.6 is 0 Å². The summed E-state index contributed by atoms with van der Waals surface area (Å²) in [6.07, 6.45) is 8.85.